The van der Waals surface area contributed by atoms with Gasteiger partial charge in [0, 0.05) is 25.4 Å². The van der Waals surface area contributed by atoms with E-state index < -0.39 is 0 Å². The first-order valence-corrected chi connectivity index (χ1v) is 8.73. The molecule has 0 bridgehead atoms. The summed E-state index contributed by atoms with van der Waals surface area (Å²) >= 11 is 0. The van der Waals surface area contributed by atoms with Crippen molar-refractivity contribution in [3.8, 4) is 0 Å². The highest BCUT2D eigenvalue weighted by atomic mass is 16.2. The van der Waals surface area contributed by atoms with E-state index in [4.69, 9.17) is 0 Å². The molecule has 124 valence electrons. The Kier molecular flexibility index (Phi) is 4.69. The van der Waals surface area contributed by atoms with Crippen molar-refractivity contribution >= 4 is 11.8 Å². The minimum absolute atomic E-state index is 0.0147. The maximum atomic E-state index is 12.5. The fourth-order valence-corrected chi connectivity index (χ4v) is 3.89. The van der Waals surface area contributed by atoms with Gasteiger partial charge in [0.2, 0.25) is 11.8 Å². The number of likely N-dealkylation sites (tertiary alicyclic amines) is 1. The van der Waals surface area contributed by atoms with E-state index >= 15 is 0 Å². The van der Waals surface area contributed by atoms with Crippen LogP contribution in [-0.2, 0) is 16.0 Å². The third-order valence-electron chi connectivity index (χ3n) is 5.27. The minimum Gasteiger partial charge on any atom is -0.349 e. The fourth-order valence-electron chi connectivity index (χ4n) is 3.89. The average Bonchev–Trinajstić information content (AvgIpc) is 2.96. The van der Waals surface area contributed by atoms with Crippen molar-refractivity contribution in [3.63, 3.8) is 0 Å². The van der Waals surface area contributed by atoms with Crippen LogP contribution in [0.25, 0.3) is 0 Å². The third-order valence-corrected chi connectivity index (χ3v) is 5.27. The quantitative estimate of drug-likeness (QED) is 0.929. The van der Waals surface area contributed by atoms with Gasteiger partial charge in [-0.3, -0.25) is 9.59 Å². The molecule has 1 fully saturated rings. The van der Waals surface area contributed by atoms with Crippen LogP contribution < -0.4 is 5.32 Å². The molecule has 3 atom stereocenters. The highest BCUT2D eigenvalue weighted by Crippen LogP contribution is 2.34. The number of carbonyl (C=O) groups excluding carboxylic acids is 2. The number of hydrogen-bond acceptors (Lipinski definition) is 2. The summed E-state index contributed by atoms with van der Waals surface area (Å²) in [5.41, 5.74) is 2.60. The lowest BCUT2D eigenvalue weighted by atomic mass is 9.80. The Bertz CT molecular complexity index is 599. The monoisotopic (exact) mass is 314 g/mol. The first-order chi connectivity index (χ1) is 11.1. The summed E-state index contributed by atoms with van der Waals surface area (Å²) in [5.74, 6) is 0.671. The first-order valence-electron chi connectivity index (χ1n) is 8.73. The van der Waals surface area contributed by atoms with E-state index in [1.165, 1.54) is 11.1 Å². The maximum absolute atomic E-state index is 12.5. The van der Waals surface area contributed by atoms with Crippen LogP contribution in [0.1, 0.15) is 56.7 Å². The Labute approximate surface area is 138 Å². The maximum Gasteiger partial charge on any atom is 0.222 e. The zero-order valence-corrected chi connectivity index (χ0v) is 14.0. The van der Waals surface area contributed by atoms with Crippen molar-refractivity contribution in [2.75, 3.05) is 6.54 Å². The molecular formula is C19H26N2O2. The average molecular weight is 314 g/mol. The molecule has 0 spiro atoms. The van der Waals surface area contributed by atoms with Crippen LogP contribution in [0.4, 0.5) is 0 Å². The second kappa shape index (κ2) is 6.73. The van der Waals surface area contributed by atoms with Crippen molar-refractivity contribution < 1.29 is 9.59 Å². The molecule has 1 aromatic carbocycles. The highest BCUT2D eigenvalue weighted by Gasteiger charge is 2.30. The zero-order valence-electron chi connectivity index (χ0n) is 14.0. The Balaban J connectivity index is 1.64. The number of nitrogens with zero attached hydrogens (tertiary/aromatic N) is 1. The number of rotatable bonds is 4. The lowest BCUT2D eigenvalue weighted by Gasteiger charge is -2.33. The second-order valence-corrected chi connectivity index (χ2v) is 7.00. The topological polar surface area (TPSA) is 49.4 Å². The smallest absolute Gasteiger partial charge is 0.222 e. The molecule has 0 aromatic heterocycles. The molecule has 0 radical (unpaired) electrons. The number of aryl methyl sites for hydroxylation is 1. The molecule has 4 nitrogen and oxygen atoms in total. The third kappa shape index (κ3) is 3.41. The Hall–Kier alpha value is -1.84. The summed E-state index contributed by atoms with van der Waals surface area (Å²) in [6.07, 6.45) is 4.11. The molecule has 1 N–H and O–H groups in total. The molecular weight excluding hydrogens is 288 g/mol. The predicted molar refractivity (Wildman–Crippen MR) is 89.8 cm³/mol. The lowest BCUT2D eigenvalue weighted by Crippen LogP contribution is -2.41. The lowest BCUT2D eigenvalue weighted by molar-refractivity contribution is -0.130. The standard InChI is InChI=1S/C19H26N2O2/c1-13-9-10-15-6-3-4-7-16(15)19(13)20-17(22)12-14(2)21-11-5-8-18(21)23/h3-4,6-7,13-14,19H,5,8-12H2,1-2H3,(H,20,22). The molecule has 2 aliphatic rings. The van der Waals surface area contributed by atoms with Crippen LogP contribution >= 0.6 is 0 Å². The van der Waals surface area contributed by atoms with Crippen LogP contribution in [0.3, 0.4) is 0 Å². The van der Waals surface area contributed by atoms with Gasteiger partial charge in [-0.2, -0.15) is 0 Å². The fraction of sp³-hybridized carbons (Fsp3) is 0.579. The van der Waals surface area contributed by atoms with Gasteiger partial charge in [0.15, 0.2) is 0 Å². The molecule has 1 aromatic rings. The van der Waals surface area contributed by atoms with E-state index in [2.05, 4.69) is 30.4 Å². The highest BCUT2D eigenvalue weighted by molar-refractivity contribution is 5.81. The van der Waals surface area contributed by atoms with Crippen LogP contribution in [0, 0.1) is 5.92 Å². The van der Waals surface area contributed by atoms with Gasteiger partial charge < -0.3 is 10.2 Å². The van der Waals surface area contributed by atoms with Gasteiger partial charge in [0.1, 0.15) is 0 Å². The van der Waals surface area contributed by atoms with E-state index in [-0.39, 0.29) is 23.9 Å². The van der Waals surface area contributed by atoms with Gasteiger partial charge in [-0.1, -0.05) is 31.2 Å². The predicted octanol–water partition coefficient (Wildman–Crippen LogP) is 2.83. The summed E-state index contributed by atoms with van der Waals surface area (Å²) in [6.45, 7) is 4.96. The van der Waals surface area contributed by atoms with Gasteiger partial charge in [-0.05, 0) is 43.2 Å². The van der Waals surface area contributed by atoms with Crippen LogP contribution in [-0.4, -0.2) is 29.3 Å². The number of fused-ring (bicyclic) bond motifs is 1. The molecule has 1 aliphatic carbocycles. The molecule has 1 saturated heterocycles. The zero-order chi connectivity index (χ0) is 16.4. The molecule has 4 heteroatoms. The summed E-state index contributed by atoms with van der Waals surface area (Å²) < 4.78 is 0. The van der Waals surface area contributed by atoms with Crippen molar-refractivity contribution in [2.45, 2.75) is 58.0 Å². The summed E-state index contributed by atoms with van der Waals surface area (Å²) in [7, 11) is 0. The molecule has 1 heterocycles. The second-order valence-electron chi connectivity index (χ2n) is 7.00. The van der Waals surface area contributed by atoms with Gasteiger partial charge in [-0.25, -0.2) is 0 Å². The number of nitrogens with one attached hydrogen (secondary N) is 1. The van der Waals surface area contributed by atoms with Crippen LogP contribution in [0.2, 0.25) is 0 Å². The summed E-state index contributed by atoms with van der Waals surface area (Å²) in [4.78, 5) is 26.1. The largest absolute Gasteiger partial charge is 0.349 e. The molecule has 3 rings (SSSR count). The van der Waals surface area contributed by atoms with Gasteiger partial charge in [0.25, 0.3) is 0 Å². The Morgan fingerprint density at radius 3 is 2.87 bits per heavy atom. The first kappa shape index (κ1) is 16.0. The molecule has 3 unspecified atom stereocenters. The number of amides is 2. The Morgan fingerprint density at radius 2 is 2.13 bits per heavy atom. The summed E-state index contributed by atoms with van der Waals surface area (Å²) in [6, 6.07) is 8.47. The van der Waals surface area contributed by atoms with Crippen molar-refractivity contribution in [1.82, 2.24) is 10.2 Å². The molecule has 0 saturated carbocycles. The van der Waals surface area contributed by atoms with Crippen molar-refractivity contribution in [2.24, 2.45) is 5.92 Å². The van der Waals surface area contributed by atoms with Gasteiger partial charge in [0.05, 0.1) is 6.04 Å². The van der Waals surface area contributed by atoms with E-state index in [1.807, 2.05) is 17.9 Å². The van der Waals surface area contributed by atoms with Gasteiger partial charge in [-0.15, -0.1) is 0 Å². The number of carbonyl (C=O) groups is 2. The molecule has 1 aliphatic heterocycles. The number of hydrogen-bond donors (Lipinski definition) is 1. The van der Waals surface area contributed by atoms with Crippen LogP contribution in [0.15, 0.2) is 24.3 Å². The molecule has 2 amide bonds. The van der Waals surface area contributed by atoms with Crippen LogP contribution in [0.5, 0.6) is 0 Å². The van der Waals surface area contributed by atoms with E-state index in [0.717, 1.165) is 25.8 Å². The Morgan fingerprint density at radius 1 is 1.35 bits per heavy atom. The van der Waals surface area contributed by atoms with E-state index in [1.54, 1.807) is 0 Å². The normalized spacial score (nSPS) is 25.1. The number of benzene rings is 1. The van der Waals surface area contributed by atoms with E-state index in [9.17, 15) is 9.59 Å². The van der Waals surface area contributed by atoms with E-state index in [0.29, 0.717) is 18.8 Å². The van der Waals surface area contributed by atoms with Crippen molar-refractivity contribution in [1.29, 1.82) is 0 Å². The van der Waals surface area contributed by atoms with Gasteiger partial charge >= 0.3 is 0 Å². The SMILES string of the molecule is CC1CCc2ccccc2C1NC(=O)CC(C)N1CCCC1=O. The minimum atomic E-state index is -0.0147. The molecule has 23 heavy (non-hydrogen) atoms. The summed E-state index contributed by atoms with van der Waals surface area (Å²) in [5, 5.41) is 3.22. The van der Waals surface area contributed by atoms with Crippen molar-refractivity contribution in [3.05, 3.63) is 35.4 Å².